The smallest absolute Gasteiger partial charge is 0.229 e. The fraction of sp³-hybridized carbons (Fsp3) is 0.474. The van der Waals surface area contributed by atoms with Crippen LogP contribution in [0.3, 0.4) is 0 Å². The Bertz CT molecular complexity index is 781. The van der Waals surface area contributed by atoms with E-state index < -0.39 is 0 Å². The fourth-order valence-corrected chi connectivity index (χ4v) is 3.09. The molecule has 0 saturated carbocycles. The van der Waals surface area contributed by atoms with E-state index >= 15 is 0 Å². The van der Waals surface area contributed by atoms with Gasteiger partial charge in [0.05, 0.1) is 26.0 Å². The second-order valence-electron chi connectivity index (χ2n) is 6.53. The number of hydrogen-bond acceptors (Lipinski definition) is 7. The minimum Gasteiger partial charge on any atom is -0.495 e. The molecule has 2 heterocycles. The van der Waals surface area contributed by atoms with Crippen molar-refractivity contribution in [2.24, 2.45) is 0 Å². The maximum Gasteiger partial charge on any atom is 0.229 e. The number of benzene rings is 1. The molecule has 8 heteroatoms. The molecule has 0 unspecified atom stereocenters. The number of halogens is 1. The third kappa shape index (κ3) is 5.45. The molecule has 0 amide bonds. The standard InChI is InChI=1S/C19H26ClN5O2/c1-13-10-16(17(26-3)12-15(13)20)23-19-22-14(2)11-18(24-19)21-4-5-25-6-8-27-9-7-25/h10-12H,4-9H2,1-3H3,(H2,21,22,23,24). The number of hydrogen-bond donors (Lipinski definition) is 2. The molecule has 1 aromatic heterocycles. The lowest BCUT2D eigenvalue weighted by atomic mass is 10.2. The Balaban J connectivity index is 1.67. The summed E-state index contributed by atoms with van der Waals surface area (Å²) in [5.41, 5.74) is 2.62. The Morgan fingerprint density at radius 3 is 2.70 bits per heavy atom. The summed E-state index contributed by atoms with van der Waals surface area (Å²) in [5.74, 6) is 1.96. The van der Waals surface area contributed by atoms with Crippen LogP contribution in [0.5, 0.6) is 5.75 Å². The maximum absolute atomic E-state index is 6.18. The van der Waals surface area contributed by atoms with E-state index in [1.807, 2.05) is 26.0 Å². The molecule has 27 heavy (non-hydrogen) atoms. The normalized spacial score (nSPS) is 14.8. The van der Waals surface area contributed by atoms with E-state index in [1.54, 1.807) is 13.2 Å². The number of ether oxygens (including phenoxy) is 2. The number of aromatic nitrogens is 2. The van der Waals surface area contributed by atoms with Gasteiger partial charge in [0.2, 0.25) is 5.95 Å². The van der Waals surface area contributed by atoms with Crippen molar-refractivity contribution in [3.63, 3.8) is 0 Å². The van der Waals surface area contributed by atoms with Crippen LogP contribution in [0, 0.1) is 13.8 Å². The van der Waals surface area contributed by atoms with Gasteiger partial charge in [-0.1, -0.05) is 11.6 Å². The zero-order chi connectivity index (χ0) is 19.2. The predicted molar refractivity (Wildman–Crippen MR) is 109 cm³/mol. The lowest BCUT2D eigenvalue weighted by Crippen LogP contribution is -2.39. The van der Waals surface area contributed by atoms with Gasteiger partial charge in [0, 0.05) is 49.0 Å². The largest absolute Gasteiger partial charge is 0.495 e. The number of anilines is 3. The van der Waals surface area contributed by atoms with Crippen molar-refractivity contribution in [2.75, 3.05) is 57.1 Å². The molecular formula is C19H26ClN5O2. The quantitative estimate of drug-likeness (QED) is 0.750. The molecule has 1 aliphatic rings. The monoisotopic (exact) mass is 391 g/mol. The molecule has 2 aromatic rings. The van der Waals surface area contributed by atoms with Gasteiger partial charge in [-0.05, 0) is 25.5 Å². The summed E-state index contributed by atoms with van der Waals surface area (Å²) < 4.78 is 10.8. The molecular weight excluding hydrogens is 366 g/mol. The molecule has 1 fully saturated rings. The van der Waals surface area contributed by atoms with Gasteiger partial charge in [0.1, 0.15) is 11.6 Å². The minimum absolute atomic E-state index is 0.517. The molecule has 1 aromatic carbocycles. The van der Waals surface area contributed by atoms with Gasteiger partial charge in [0.25, 0.3) is 0 Å². The van der Waals surface area contributed by atoms with E-state index in [4.69, 9.17) is 21.1 Å². The second kappa shape index (κ2) is 9.21. The molecule has 2 N–H and O–H groups in total. The van der Waals surface area contributed by atoms with E-state index in [-0.39, 0.29) is 0 Å². The van der Waals surface area contributed by atoms with Crippen LogP contribution in [-0.2, 0) is 4.74 Å². The highest BCUT2D eigenvalue weighted by molar-refractivity contribution is 6.31. The Hall–Kier alpha value is -2.09. The number of aryl methyl sites for hydroxylation is 2. The first kappa shape index (κ1) is 19.7. The third-order valence-corrected chi connectivity index (χ3v) is 4.83. The summed E-state index contributed by atoms with van der Waals surface area (Å²) in [6.07, 6.45) is 0. The molecule has 0 radical (unpaired) electrons. The zero-order valence-electron chi connectivity index (χ0n) is 16.0. The van der Waals surface area contributed by atoms with Crippen LogP contribution < -0.4 is 15.4 Å². The lowest BCUT2D eigenvalue weighted by molar-refractivity contribution is 0.0398. The minimum atomic E-state index is 0.517. The number of morpholine rings is 1. The highest BCUT2D eigenvalue weighted by Gasteiger charge is 2.11. The molecule has 0 bridgehead atoms. The SMILES string of the molecule is COc1cc(Cl)c(C)cc1Nc1nc(C)cc(NCCN2CCOCC2)n1. The van der Waals surface area contributed by atoms with Crippen molar-refractivity contribution in [2.45, 2.75) is 13.8 Å². The molecule has 0 aliphatic carbocycles. The van der Waals surface area contributed by atoms with Crippen LogP contribution in [0.25, 0.3) is 0 Å². The van der Waals surface area contributed by atoms with Crippen molar-refractivity contribution < 1.29 is 9.47 Å². The fourth-order valence-electron chi connectivity index (χ4n) is 2.93. The van der Waals surface area contributed by atoms with Crippen molar-refractivity contribution in [3.8, 4) is 5.75 Å². The molecule has 1 saturated heterocycles. The topological polar surface area (TPSA) is 71.5 Å². The number of rotatable bonds is 7. The van der Waals surface area contributed by atoms with E-state index in [0.29, 0.717) is 16.7 Å². The third-order valence-electron chi connectivity index (χ3n) is 4.42. The van der Waals surface area contributed by atoms with Gasteiger partial charge in [-0.15, -0.1) is 0 Å². The van der Waals surface area contributed by atoms with Crippen molar-refractivity contribution in [1.82, 2.24) is 14.9 Å². The summed E-state index contributed by atoms with van der Waals surface area (Å²) in [7, 11) is 1.61. The first-order chi connectivity index (χ1) is 13.0. The first-order valence-corrected chi connectivity index (χ1v) is 9.44. The first-order valence-electron chi connectivity index (χ1n) is 9.06. The highest BCUT2D eigenvalue weighted by Crippen LogP contribution is 2.32. The van der Waals surface area contributed by atoms with Gasteiger partial charge >= 0.3 is 0 Å². The number of nitrogens with one attached hydrogen (secondary N) is 2. The second-order valence-corrected chi connectivity index (χ2v) is 6.93. The molecule has 1 aliphatic heterocycles. The van der Waals surface area contributed by atoms with Crippen molar-refractivity contribution >= 4 is 29.1 Å². The average Bonchev–Trinajstić information content (AvgIpc) is 2.65. The molecule has 7 nitrogen and oxygen atoms in total. The maximum atomic E-state index is 6.18. The van der Waals surface area contributed by atoms with E-state index in [9.17, 15) is 0 Å². The molecule has 0 atom stereocenters. The Morgan fingerprint density at radius 1 is 1.19 bits per heavy atom. The van der Waals surface area contributed by atoms with E-state index in [0.717, 1.165) is 62.2 Å². The Morgan fingerprint density at radius 2 is 1.96 bits per heavy atom. The average molecular weight is 392 g/mol. The summed E-state index contributed by atoms with van der Waals surface area (Å²) >= 11 is 6.18. The summed E-state index contributed by atoms with van der Waals surface area (Å²) in [6, 6.07) is 5.66. The number of nitrogens with zero attached hydrogens (tertiary/aromatic N) is 3. The molecule has 3 rings (SSSR count). The van der Waals surface area contributed by atoms with Gasteiger partial charge in [0.15, 0.2) is 0 Å². The zero-order valence-corrected chi connectivity index (χ0v) is 16.8. The van der Waals surface area contributed by atoms with E-state index in [2.05, 4.69) is 25.5 Å². The lowest BCUT2D eigenvalue weighted by Gasteiger charge is -2.26. The van der Waals surface area contributed by atoms with Crippen LogP contribution in [0.2, 0.25) is 5.02 Å². The number of methoxy groups -OCH3 is 1. The van der Waals surface area contributed by atoms with E-state index in [1.165, 1.54) is 0 Å². The highest BCUT2D eigenvalue weighted by atomic mass is 35.5. The van der Waals surface area contributed by atoms with Crippen LogP contribution >= 0.6 is 11.6 Å². The molecule has 146 valence electrons. The van der Waals surface area contributed by atoms with Gasteiger partial charge in [-0.25, -0.2) is 4.98 Å². The Kier molecular flexibility index (Phi) is 6.71. The predicted octanol–water partition coefficient (Wildman–Crippen LogP) is 3.24. The van der Waals surface area contributed by atoms with Crippen LogP contribution in [0.4, 0.5) is 17.5 Å². The van der Waals surface area contributed by atoms with Crippen LogP contribution in [-0.4, -0.2) is 61.4 Å². The summed E-state index contributed by atoms with van der Waals surface area (Å²) in [5, 5.41) is 7.28. The van der Waals surface area contributed by atoms with Crippen LogP contribution in [0.1, 0.15) is 11.3 Å². The van der Waals surface area contributed by atoms with Gasteiger partial charge < -0.3 is 20.1 Å². The Labute approximate surface area is 165 Å². The van der Waals surface area contributed by atoms with Gasteiger partial charge in [-0.2, -0.15) is 4.98 Å². The van der Waals surface area contributed by atoms with Crippen molar-refractivity contribution in [1.29, 1.82) is 0 Å². The molecule has 0 spiro atoms. The van der Waals surface area contributed by atoms with Gasteiger partial charge in [-0.3, -0.25) is 4.90 Å². The summed E-state index contributed by atoms with van der Waals surface area (Å²) in [4.78, 5) is 11.4. The van der Waals surface area contributed by atoms with Crippen molar-refractivity contribution in [3.05, 3.63) is 34.5 Å². The summed E-state index contributed by atoms with van der Waals surface area (Å²) in [6.45, 7) is 9.25. The van der Waals surface area contributed by atoms with Crippen LogP contribution in [0.15, 0.2) is 18.2 Å².